The standard InChI is InChI=1S/C39H69N7O12/c1-11-22(9)31(45-36(54)26(16-20(5)6)42-34(52)25(15-19(3)4)41-33(51)24(40)13-14-29(47)48)38(56)44-28(18-30(49)50)35(53)43-27(17-21(7)8)37(55)46-32(39(57)58)23(10)12-2/h19-28,31-32H,11-18,40H2,1-10H3,(H,41,51)(H,42,52)(H,43,53)(H,44,56)(H,45,54)(H,46,55)(H,47,48)(H,49,50)(H,57,58)/t22-,23-,24-,25-,26+,27+,28-,31-,32-/m0/s1. The second kappa shape index (κ2) is 26.2. The maximum Gasteiger partial charge on any atom is 0.326 e. The number of rotatable bonds is 28. The van der Waals surface area contributed by atoms with Crippen LogP contribution in [0, 0.1) is 29.6 Å². The first-order valence-electron chi connectivity index (χ1n) is 20.1. The summed E-state index contributed by atoms with van der Waals surface area (Å²) in [5.74, 6) is -10.2. The Morgan fingerprint density at radius 1 is 0.466 bits per heavy atom. The van der Waals surface area contributed by atoms with Crippen molar-refractivity contribution >= 4 is 53.4 Å². The topological polar surface area (TPSA) is 313 Å². The number of hydrogen-bond donors (Lipinski definition) is 10. The van der Waals surface area contributed by atoms with Gasteiger partial charge in [-0.3, -0.25) is 38.4 Å². The lowest BCUT2D eigenvalue weighted by Gasteiger charge is -2.30. The molecule has 0 saturated carbocycles. The molecule has 9 atom stereocenters. The Morgan fingerprint density at radius 3 is 1.17 bits per heavy atom. The summed E-state index contributed by atoms with van der Waals surface area (Å²) < 4.78 is 0. The zero-order valence-electron chi connectivity index (χ0n) is 35.7. The molecule has 0 rings (SSSR count). The quantitative estimate of drug-likeness (QED) is 0.0525. The van der Waals surface area contributed by atoms with Crippen LogP contribution in [0.5, 0.6) is 0 Å². The summed E-state index contributed by atoms with van der Waals surface area (Å²) >= 11 is 0. The lowest BCUT2D eigenvalue weighted by molar-refractivity contribution is -0.144. The molecule has 19 heteroatoms. The summed E-state index contributed by atoms with van der Waals surface area (Å²) in [7, 11) is 0. The van der Waals surface area contributed by atoms with Gasteiger partial charge in [0, 0.05) is 6.42 Å². The molecule has 0 saturated heterocycles. The Balaban J connectivity index is 6.40. The number of carboxylic acids is 3. The van der Waals surface area contributed by atoms with Gasteiger partial charge in [-0.1, -0.05) is 82.1 Å². The molecule has 0 heterocycles. The summed E-state index contributed by atoms with van der Waals surface area (Å²) in [6.45, 7) is 17.5. The van der Waals surface area contributed by atoms with Crippen molar-refractivity contribution in [3.8, 4) is 0 Å². The highest BCUT2D eigenvalue weighted by Gasteiger charge is 2.36. The van der Waals surface area contributed by atoms with Crippen LogP contribution >= 0.6 is 0 Å². The molecule has 0 radical (unpaired) electrons. The predicted octanol–water partition coefficient (Wildman–Crippen LogP) is 0.877. The van der Waals surface area contributed by atoms with Crippen LogP contribution in [-0.4, -0.2) is 111 Å². The van der Waals surface area contributed by atoms with E-state index in [4.69, 9.17) is 10.8 Å². The Kier molecular flexibility index (Phi) is 24.1. The average molecular weight is 828 g/mol. The lowest BCUT2D eigenvalue weighted by atomic mass is 9.95. The van der Waals surface area contributed by atoms with Crippen molar-refractivity contribution in [1.82, 2.24) is 31.9 Å². The normalized spacial score (nSPS) is 16.0. The molecule has 0 spiro atoms. The van der Waals surface area contributed by atoms with Crippen LogP contribution in [0.4, 0.5) is 0 Å². The van der Waals surface area contributed by atoms with Crippen molar-refractivity contribution in [2.24, 2.45) is 35.3 Å². The summed E-state index contributed by atoms with van der Waals surface area (Å²) in [4.78, 5) is 116. The van der Waals surface area contributed by atoms with Gasteiger partial charge in [-0.05, 0) is 55.3 Å². The Hall–Kier alpha value is -4.81. The van der Waals surface area contributed by atoms with Gasteiger partial charge in [-0.25, -0.2) is 4.79 Å². The molecule has 0 bridgehead atoms. The van der Waals surface area contributed by atoms with Crippen LogP contribution in [-0.2, 0) is 43.2 Å². The van der Waals surface area contributed by atoms with Gasteiger partial charge in [0.15, 0.2) is 0 Å². The molecule has 0 unspecified atom stereocenters. The zero-order valence-corrected chi connectivity index (χ0v) is 35.7. The lowest BCUT2D eigenvalue weighted by Crippen LogP contribution is -2.61. The van der Waals surface area contributed by atoms with E-state index in [-0.39, 0.29) is 49.9 Å². The third-order valence-corrected chi connectivity index (χ3v) is 9.61. The van der Waals surface area contributed by atoms with Crippen molar-refractivity contribution < 1.29 is 58.5 Å². The summed E-state index contributed by atoms with van der Waals surface area (Å²) in [5.41, 5.74) is 5.86. The van der Waals surface area contributed by atoms with Gasteiger partial charge in [0.05, 0.1) is 12.5 Å². The molecular formula is C39H69N7O12. The molecule has 0 aliphatic heterocycles. The molecular weight excluding hydrogens is 758 g/mol. The molecule has 11 N–H and O–H groups in total. The first-order chi connectivity index (χ1) is 26.8. The summed E-state index contributed by atoms with van der Waals surface area (Å²) in [5, 5.41) is 43.5. The van der Waals surface area contributed by atoms with Crippen molar-refractivity contribution in [3.63, 3.8) is 0 Å². The molecule has 0 fully saturated rings. The van der Waals surface area contributed by atoms with Crippen molar-refractivity contribution in [2.75, 3.05) is 0 Å². The number of aliphatic carboxylic acids is 3. The van der Waals surface area contributed by atoms with E-state index in [1.807, 2.05) is 13.8 Å². The van der Waals surface area contributed by atoms with Gasteiger partial charge < -0.3 is 53.0 Å². The minimum absolute atomic E-state index is 0.0614. The van der Waals surface area contributed by atoms with Gasteiger partial charge in [-0.2, -0.15) is 0 Å². The van der Waals surface area contributed by atoms with Crippen LogP contribution in [0.3, 0.4) is 0 Å². The molecule has 0 aromatic carbocycles. The number of hydrogen-bond acceptors (Lipinski definition) is 10. The van der Waals surface area contributed by atoms with Crippen LogP contribution in [0.25, 0.3) is 0 Å². The second-order valence-electron chi connectivity index (χ2n) is 16.4. The highest BCUT2D eigenvalue weighted by molar-refractivity contribution is 5.98. The fourth-order valence-corrected chi connectivity index (χ4v) is 5.88. The van der Waals surface area contributed by atoms with E-state index in [9.17, 15) is 53.4 Å². The Bertz CT molecular complexity index is 1420. The van der Waals surface area contributed by atoms with Crippen molar-refractivity contribution in [1.29, 1.82) is 0 Å². The Morgan fingerprint density at radius 2 is 0.810 bits per heavy atom. The fraction of sp³-hybridized carbons (Fsp3) is 0.769. The van der Waals surface area contributed by atoms with Gasteiger partial charge >= 0.3 is 17.9 Å². The van der Waals surface area contributed by atoms with Crippen LogP contribution in [0.15, 0.2) is 0 Å². The third kappa shape index (κ3) is 20.1. The number of amides is 6. The van der Waals surface area contributed by atoms with E-state index in [1.165, 1.54) is 0 Å². The molecule has 0 aliphatic carbocycles. The van der Waals surface area contributed by atoms with E-state index < -0.39 is 114 Å². The van der Waals surface area contributed by atoms with E-state index in [0.29, 0.717) is 12.8 Å². The fourth-order valence-electron chi connectivity index (χ4n) is 5.88. The van der Waals surface area contributed by atoms with Gasteiger partial charge in [0.1, 0.15) is 36.3 Å². The van der Waals surface area contributed by atoms with E-state index >= 15 is 0 Å². The van der Waals surface area contributed by atoms with Gasteiger partial charge in [0.25, 0.3) is 0 Å². The summed E-state index contributed by atoms with van der Waals surface area (Å²) in [6, 6.07) is -9.12. The van der Waals surface area contributed by atoms with Crippen LogP contribution in [0.2, 0.25) is 0 Å². The maximum absolute atomic E-state index is 13.9. The predicted molar refractivity (Wildman–Crippen MR) is 214 cm³/mol. The summed E-state index contributed by atoms with van der Waals surface area (Å²) in [6.07, 6.45) is -0.311. The minimum Gasteiger partial charge on any atom is -0.481 e. The molecule has 6 amide bonds. The number of carboxylic acid groups (broad SMARTS) is 3. The molecule has 0 aliphatic rings. The first kappa shape index (κ1) is 53.2. The monoisotopic (exact) mass is 828 g/mol. The number of nitrogens with two attached hydrogens (primary N) is 1. The smallest absolute Gasteiger partial charge is 0.326 e. The molecule has 0 aromatic rings. The molecule has 332 valence electrons. The zero-order chi connectivity index (χ0) is 45.0. The number of carbonyl (C=O) groups is 9. The van der Waals surface area contributed by atoms with Crippen molar-refractivity contribution in [3.05, 3.63) is 0 Å². The largest absolute Gasteiger partial charge is 0.481 e. The molecule has 19 nitrogen and oxygen atoms in total. The van der Waals surface area contributed by atoms with E-state index in [0.717, 1.165) is 0 Å². The SMILES string of the molecule is CC[C@H](C)[C@H](NC(=O)[C@@H](CC(C)C)NC(=O)[C@H](CC(=O)O)NC(=O)[C@@H](NC(=O)[C@@H](CC(C)C)NC(=O)[C@H](CC(C)C)NC(=O)[C@@H](N)CCC(=O)O)[C@@H](C)CC)C(=O)O. The Labute approximate surface area is 341 Å². The highest BCUT2D eigenvalue weighted by atomic mass is 16.4. The molecule has 58 heavy (non-hydrogen) atoms. The molecule has 0 aromatic heterocycles. The minimum atomic E-state index is -1.71. The highest BCUT2D eigenvalue weighted by Crippen LogP contribution is 2.15. The van der Waals surface area contributed by atoms with Crippen LogP contribution in [0.1, 0.15) is 121 Å². The van der Waals surface area contributed by atoms with E-state index in [2.05, 4.69) is 31.9 Å². The van der Waals surface area contributed by atoms with Crippen molar-refractivity contribution in [2.45, 2.75) is 163 Å². The average Bonchev–Trinajstić information content (AvgIpc) is 3.11. The van der Waals surface area contributed by atoms with Gasteiger partial charge in [0.2, 0.25) is 35.4 Å². The van der Waals surface area contributed by atoms with E-state index in [1.54, 1.807) is 55.4 Å². The van der Waals surface area contributed by atoms with Crippen LogP contribution < -0.4 is 37.6 Å². The first-order valence-corrected chi connectivity index (χ1v) is 20.1. The second-order valence-corrected chi connectivity index (χ2v) is 16.4. The third-order valence-electron chi connectivity index (χ3n) is 9.61. The number of carbonyl (C=O) groups excluding carboxylic acids is 6. The van der Waals surface area contributed by atoms with Gasteiger partial charge in [-0.15, -0.1) is 0 Å². The number of nitrogens with one attached hydrogen (secondary N) is 6. The maximum atomic E-state index is 13.9.